The standard InChI is InChI=1S/C19H22ClN3OS/c1-22-9-11-23(12-10-22)18-6-4-3-5-17(18)21-19(24)15-13-14(25-2)7-8-16(15)20/h3-8,13H,9-12H2,1-2H3,(H,21,24)/p+1. The minimum atomic E-state index is -0.173. The summed E-state index contributed by atoms with van der Waals surface area (Å²) < 4.78 is 0. The van der Waals surface area contributed by atoms with Crippen LogP contribution in [0.3, 0.4) is 0 Å². The van der Waals surface area contributed by atoms with Gasteiger partial charge in [0.25, 0.3) is 5.91 Å². The fourth-order valence-corrected chi connectivity index (χ4v) is 3.62. The highest BCUT2D eigenvalue weighted by molar-refractivity contribution is 7.98. The van der Waals surface area contributed by atoms with E-state index in [4.69, 9.17) is 11.6 Å². The molecule has 2 aromatic rings. The lowest BCUT2D eigenvalue weighted by atomic mass is 10.1. The Balaban J connectivity index is 1.82. The van der Waals surface area contributed by atoms with Crippen molar-refractivity contribution in [1.29, 1.82) is 0 Å². The Labute approximate surface area is 158 Å². The van der Waals surface area contributed by atoms with Gasteiger partial charge >= 0.3 is 0 Å². The Hall–Kier alpha value is -1.69. The summed E-state index contributed by atoms with van der Waals surface area (Å²) in [6.07, 6.45) is 1.98. The first-order chi connectivity index (χ1) is 12.1. The first-order valence-corrected chi connectivity index (χ1v) is 9.99. The molecule has 0 spiro atoms. The maximum atomic E-state index is 12.8. The number of hydrogen-bond acceptors (Lipinski definition) is 3. The van der Waals surface area contributed by atoms with Crippen LogP contribution in [0.2, 0.25) is 5.02 Å². The van der Waals surface area contributed by atoms with E-state index in [1.807, 2.05) is 36.6 Å². The van der Waals surface area contributed by atoms with Gasteiger partial charge in [0.2, 0.25) is 0 Å². The van der Waals surface area contributed by atoms with Gasteiger partial charge in [-0.15, -0.1) is 11.8 Å². The van der Waals surface area contributed by atoms with E-state index in [0.717, 1.165) is 42.4 Å². The summed E-state index contributed by atoms with van der Waals surface area (Å²) >= 11 is 7.83. The molecule has 0 atom stereocenters. The predicted octanol–water partition coefficient (Wildman–Crippen LogP) is 2.65. The molecule has 25 heavy (non-hydrogen) atoms. The zero-order valence-electron chi connectivity index (χ0n) is 14.5. The normalized spacial score (nSPS) is 15.2. The molecule has 0 bridgehead atoms. The predicted molar refractivity (Wildman–Crippen MR) is 106 cm³/mol. The van der Waals surface area contributed by atoms with Gasteiger partial charge in [0.15, 0.2) is 0 Å². The van der Waals surface area contributed by atoms with Crippen molar-refractivity contribution in [1.82, 2.24) is 0 Å². The van der Waals surface area contributed by atoms with E-state index in [1.165, 1.54) is 0 Å². The smallest absolute Gasteiger partial charge is 0.257 e. The molecule has 2 N–H and O–H groups in total. The first kappa shape index (κ1) is 18.1. The Kier molecular flexibility index (Phi) is 5.89. The van der Waals surface area contributed by atoms with Crippen molar-refractivity contribution in [3.05, 3.63) is 53.1 Å². The van der Waals surface area contributed by atoms with Gasteiger partial charge in [-0.25, -0.2) is 0 Å². The van der Waals surface area contributed by atoms with Crippen molar-refractivity contribution in [3.63, 3.8) is 0 Å². The molecule has 0 aliphatic carbocycles. The van der Waals surface area contributed by atoms with Crippen LogP contribution in [-0.2, 0) is 0 Å². The molecule has 2 aromatic carbocycles. The number of nitrogens with one attached hydrogen (secondary N) is 2. The summed E-state index contributed by atoms with van der Waals surface area (Å²) in [4.78, 5) is 17.7. The summed E-state index contributed by atoms with van der Waals surface area (Å²) in [6.45, 7) is 4.18. The van der Waals surface area contributed by atoms with Gasteiger partial charge < -0.3 is 15.1 Å². The molecule has 1 amide bonds. The number of amides is 1. The van der Waals surface area contributed by atoms with E-state index in [1.54, 1.807) is 22.7 Å². The molecule has 3 rings (SSSR count). The molecule has 1 fully saturated rings. The summed E-state index contributed by atoms with van der Waals surface area (Å²) in [5, 5.41) is 3.51. The van der Waals surface area contributed by atoms with E-state index in [0.29, 0.717) is 10.6 Å². The van der Waals surface area contributed by atoms with Crippen molar-refractivity contribution in [2.24, 2.45) is 0 Å². The van der Waals surface area contributed by atoms with Crippen molar-refractivity contribution in [2.45, 2.75) is 4.90 Å². The number of carbonyl (C=O) groups is 1. The van der Waals surface area contributed by atoms with Gasteiger partial charge in [0, 0.05) is 4.90 Å². The van der Waals surface area contributed by atoms with E-state index in [2.05, 4.69) is 23.3 Å². The SMILES string of the molecule is CSc1ccc(Cl)c(C(=O)Nc2ccccc2N2CC[NH+](C)CC2)c1. The van der Waals surface area contributed by atoms with Crippen molar-refractivity contribution < 1.29 is 9.69 Å². The highest BCUT2D eigenvalue weighted by Crippen LogP contribution is 2.28. The fraction of sp³-hybridized carbons (Fsp3) is 0.316. The Bertz CT molecular complexity index is 760. The highest BCUT2D eigenvalue weighted by atomic mass is 35.5. The number of carbonyl (C=O) groups excluding carboxylic acids is 1. The molecule has 0 unspecified atom stereocenters. The number of thioether (sulfide) groups is 1. The second kappa shape index (κ2) is 8.13. The van der Waals surface area contributed by atoms with E-state index in [9.17, 15) is 4.79 Å². The Morgan fingerprint density at radius 1 is 1.20 bits per heavy atom. The number of rotatable bonds is 4. The van der Waals surface area contributed by atoms with Gasteiger partial charge in [0.1, 0.15) is 0 Å². The minimum absolute atomic E-state index is 0.173. The molecule has 1 aliphatic heterocycles. The summed E-state index contributed by atoms with van der Waals surface area (Å²) in [5.41, 5.74) is 2.41. The second-order valence-electron chi connectivity index (χ2n) is 6.26. The summed E-state index contributed by atoms with van der Waals surface area (Å²) in [7, 11) is 2.21. The summed E-state index contributed by atoms with van der Waals surface area (Å²) in [6, 6.07) is 13.5. The van der Waals surface area contributed by atoms with Crippen LogP contribution in [0.25, 0.3) is 0 Å². The molecule has 0 aromatic heterocycles. The molecule has 0 radical (unpaired) electrons. The fourth-order valence-electron chi connectivity index (χ4n) is 2.98. The quantitative estimate of drug-likeness (QED) is 0.805. The van der Waals surface area contributed by atoms with Gasteiger partial charge in [-0.3, -0.25) is 4.79 Å². The molecule has 6 heteroatoms. The lowest BCUT2D eigenvalue weighted by Gasteiger charge is -2.33. The van der Waals surface area contributed by atoms with E-state index >= 15 is 0 Å². The van der Waals surface area contributed by atoms with Crippen LogP contribution in [0, 0.1) is 0 Å². The molecule has 1 heterocycles. The third-order valence-electron chi connectivity index (χ3n) is 4.53. The van der Waals surface area contributed by atoms with Crippen LogP contribution in [-0.4, -0.2) is 45.4 Å². The third-order valence-corrected chi connectivity index (χ3v) is 5.58. The van der Waals surface area contributed by atoms with Crippen molar-refractivity contribution in [3.8, 4) is 0 Å². The number of nitrogens with zero attached hydrogens (tertiary/aromatic N) is 1. The van der Waals surface area contributed by atoms with Gasteiger partial charge in [-0.2, -0.15) is 0 Å². The first-order valence-electron chi connectivity index (χ1n) is 8.38. The lowest BCUT2D eigenvalue weighted by Crippen LogP contribution is -3.12. The Morgan fingerprint density at radius 2 is 1.92 bits per heavy atom. The molecular weight excluding hydrogens is 354 g/mol. The largest absolute Gasteiger partial charge is 0.359 e. The highest BCUT2D eigenvalue weighted by Gasteiger charge is 2.20. The second-order valence-corrected chi connectivity index (χ2v) is 7.55. The zero-order chi connectivity index (χ0) is 17.8. The van der Waals surface area contributed by atoms with Crippen LogP contribution < -0.4 is 15.1 Å². The molecule has 0 saturated carbocycles. The lowest BCUT2D eigenvalue weighted by molar-refractivity contribution is -0.880. The molecule has 1 saturated heterocycles. The zero-order valence-corrected chi connectivity index (χ0v) is 16.1. The molecule has 1 aliphatic rings. The maximum absolute atomic E-state index is 12.8. The average molecular weight is 377 g/mol. The molecule has 132 valence electrons. The minimum Gasteiger partial charge on any atom is -0.359 e. The van der Waals surface area contributed by atoms with Crippen molar-refractivity contribution >= 4 is 40.6 Å². The topological polar surface area (TPSA) is 36.8 Å². The monoisotopic (exact) mass is 376 g/mol. The number of quaternary nitrogens is 1. The Morgan fingerprint density at radius 3 is 2.64 bits per heavy atom. The van der Waals surface area contributed by atoms with Gasteiger partial charge in [-0.05, 0) is 36.6 Å². The van der Waals surface area contributed by atoms with Crippen LogP contribution in [0.5, 0.6) is 0 Å². The molecular formula is C19H23ClN3OS+. The number of piperazine rings is 1. The maximum Gasteiger partial charge on any atom is 0.257 e. The number of benzene rings is 2. The van der Waals surface area contributed by atoms with Crippen LogP contribution >= 0.6 is 23.4 Å². The number of halogens is 1. The third kappa shape index (κ3) is 4.29. The van der Waals surface area contributed by atoms with Crippen LogP contribution in [0.1, 0.15) is 10.4 Å². The number of likely N-dealkylation sites (N-methyl/N-ethyl adjacent to an activating group) is 1. The van der Waals surface area contributed by atoms with E-state index < -0.39 is 0 Å². The number of hydrogen-bond donors (Lipinski definition) is 2. The molecule has 4 nitrogen and oxygen atoms in total. The van der Waals surface area contributed by atoms with Crippen molar-refractivity contribution in [2.75, 3.05) is 49.7 Å². The van der Waals surface area contributed by atoms with E-state index in [-0.39, 0.29) is 5.91 Å². The van der Waals surface area contributed by atoms with Crippen LogP contribution in [0.15, 0.2) is 47.4 Å². The summed E-state index contributed by atoms with van der Waals surface area (Å²) in [5.74, 6) is -0.173. The number of anilines is 2. The van der Waals surface area contributed by atoms with Gasteiger partial charge in [0.05, 0.1) is 55.2 Å². The van der Waals surface area contributed by atoms with Gasteiger partial charge in [-0.1, -0.05) is 23.7 Å². The number of para-hydroxylation sites is 2. The van der Waals surface area contributed by atoms with Crippen LogP contribution in [0.4, 0.5) is 11.4 Å². The average Bonchev–Trinajstić information content (AvgIpc) is 2.63.